The smallest absolute Gasteiger partial charge is 0.252 e. The molecular formula is C23H33FN6O3. The van der Waals surface area contributed by atoms with Crippen LogP contribution < -0.4 is 22.1 Å². The Kier molecular flexibility index (Phi) is 9.56. The van der Waals surface area contributed by atoms with Crippen LogP contribution in [0, 0.1) is 5.82 Å². The molecule has 2 atom stereocenters. The van der Waals surface area contributed by atoms with Gasteiger partial charge in [0.05, 0.1) is 12.7 Å². The number of halogens is 1. The summed E-state index contributed by atoms with van der Waals surface area (Å²) in [6, 6.07) is 6.17. The Bertz CT molecular complexity index is 996. The minimum absolute atomic E-state index is 0.0311. The number of amides is 1. The van der Waals surface area contributed by atoms with E-state index in [9.17, 15) is 9.18 Å². The average molecular weight is 461 g/mol. The molecular weight excluding hydrogens is 427 g/mol. The number of methoxy groups -OCH3 is 2. The number of nitrogens with one attached hydrogen (secondary N) is 2. The second-order valence-corrected chi connectivity index (χ2v) is 7.70. The highest BCUT2D eigenvalue weighted by Crippen LogP contribution is 2.26. The average Bonchev–Trinajstić information content (AvgIpc) is 2.77. The number of aliphatic imine (C=N–C) groups is 1. The second kappa shape index (κ2) is 12.1. The molecule has 1 heterocycles. The molecule has 1 aromatic carbocycles. The Morgan fingerprint density at radius 2 is 1.94 bits per heavy atom. The lowest BCUT2D eigenvalue weighted by atomic mass is 10.0. The molecule has 10 heteroatoms. The lowest BCUT2D eigenvalue weighted by molar-refractivity contribution is 0.100. The van der Waals surface area contributed by atoms with Gasteiger partial charge in [0.2, 0.25) is 5.90 Å². The molecule has 180 valence electrons. The maximum atomic E-state index is 14.6. The predicted molar refractivity (Wildman–Crippen MR) is 129 cm³/mol. The van der Waals surface area contributed by atoms with E-state index in [1.54, 1.807) is 28.2 Å². The summed E-state index contributed by atoms with van der Waals surface area (Å²) in [5, 5.41) is 6.01. The van der Waals surface area contributed by atoms with E-state index >= 15 is 0 Å². The summed E-state index contributed by atoms with van der Waals surface area (Å²) in [5.74, 6) is -0.956. The number of anilines is 3. The first kappa shape index (κ1) is 26.0. The van der Waals surface area contributed by atoms with Crippen LogP contribution >= 0.6 is 0 Å². The number of carbonyl (C=O) groups is 1. The third-order valence-corrected chi connectivity index (χ3v) is 5.19. The Hall–Kier alpha value is -3.24. The van der Waals surface area contributed by atoms with Gasteiger partial charge in [-0.15, -0.1) is 0 Å². The van der Waals surface area contributed by atoms with Crippen LogP contribution in [0.4, 0.5) is 21.7 Å². The zero-order valence-corrected chi connectivity index (χ0v) is 19.7. The van der Waals surface area contributed by atoms with Crippen LogP contribution in [-0.4, -0.2) is 56.7 Å². The zero-order valence-electron chi connectivity index (χ0n) is 19.7. The highest BCUT2D eigenvalue weighted by Gasteiger charge is 2.19. The van der Waals surface area contributed by atoms with E-state index in [0.717, 1.165) is 30.0 Å². The number of nitrogens with two attached hydrogens (primary N) is 2. The summed E-state index contributed by atoms with van der Waals surface area (Å²) in [5.41, 5.74) is 13.7. The fraction of sp³-hybridized carbons (Fsp3) is 0.435. The van der Waals surface area contributed by atoms with Gasteiger partial charge in [-0.25, -0.2) is 9.37 Å². The van der Waals surface area contributed by atoms with Gasteiger partial charge in [0.15, 0.2) is 11.6 Å². The molecule has 33 heavy (non-hydrogen) atoms. The van der Waals surface area contributed by atoms with Crippen molar-refractivity contribution >= 4 is 29.1 Å². The number of aromatic nitrogens is 1. The standard InChI is InChI=1S/C23H33FN6O3/c1-13(25)14(2)28-22-19(24)12-18(20(26)31)21(30-22)29-16-9-8-15(7-6-10-32-4)17(11-16)23(27-3)33-5/h8-9,11-14H,6-7,10,25H2,1-5H3,(H2,26,31)(H2,28,29,30)/t13-,14+/m0/s1. The third kappa shape index (κ3) is 6.87. The molecule has 0 saturated heterocycles. The van der Waals surface area contributed by atoms with Crippen LogP contribution in [0.2, 0.25) is 0 Å². The summed E-state index contributed by atoms with van der Waals surface area (Å²) in [7, 11) is 4.85. The predicted octanol–water partition coefficient (Wildman–Crippen LogP) is 2.81. The summed E-state index contributed by atoms with van der Waals surface area (Å²) >= 11 is 0. The maximum Gasteiger partial charge on any atom is 0.252 e. The molecule has 0 aliphatic rings. The van der Waals surface area contributed by atoms with E-state index < -0.39 is 11.7 Å². The van der Waals surface area contributed by atoms with Crippen LogP contribution in [0.15, 0.2) is 29.3 Å². The Balaban J connectivity index is 2.47. The number of benzene rings is 1. The van der Waals surface area contributed by atoms with Crippen molar-refractivity contribution < 1.29 is 18.7 Å². The highest BCUT2D eigenvalue weighted by molar-refractivity contribution is 5.99. The Morgan fingerprint density at radius 3 is 2.52 bits per heavy atom. The van der Waals surface area contributed by atoms with E-state index in [2.05, 4.69) is 20.6 Å². The highest BCUT2D eigenvalue weighted by atomic mass is 19.1. The van der Waals surface area contributed by atoms with Crippen molar-refractivity contribution in [2.45, 2.75) is 38.8 Å². The van der Waals surface area contributed by atoms with Crippen LogP contribution in [0.5, 0.6) is 0 Å². The van der Waals surface area contributed by atoms with Gasteiger partial charge in [0.25, 0.3) is 5.91 Å². The first-order chi connectivity index (χ1) is 15.7. The first-order valence-corrected chi connectivity index (χ1v) is 10.6. The maximum absolute atomic E-state index is 14.6. The van der Waals surface area contributed by atoms with Crippen molar-refractivity contribution in [1.29, 1.82) is 0 Å². The van der Waals surface area contributed by atoms with Crippen LogP contribution in [0.1, 0.15) is 41.8 Å². The second-order valence-electron chi connectivity index (χ2n) is 7.70. The molecule has 0 spiro atoms. The number of aryl methyl sites for hydroxylation is 1. The summed E-state index contributed by atoms with van der Waals surface area (Å²) in [4.78, 5) is 20.4. The normalized spacial score (nSPS) is 13.4. The number of rotatable bonds is 11. The fourth-order valence-electron chi connectivity index (χ4n) is 3.16. The van der Waals surface area contributed by atoms with Gasteiger partial charge in [0, 0.05) is 44.1 Å². The SMILES string of the molecule is CN=C(OC)c1cc(Nc2nc(N[C@H](C)[C@H](C)N)c(F)cc2C(N)=O)ccc1CCCOC. The van der Waals surface area contributed by atoms with Gasteiger partial charge in [-0.1, -0.05) is 6.07 Å². The Morgan fingerprint density at radius 1 is 1.21 bits per heavy atom. The summed E-state index contributed by atoms with van der Waals surface area (Å²) in [6.07, 6.45) is 1.59. The lowest BCUT2D eigenvalue weighted by Gasteiger charge is -2.20. The van der Waals surface area contributed by atoms with Gasteiger partial charge < -0.3 is 31.6 Å². The number of primary amides is 1. The Labute approximate surface area is 193 Å². The third-order valence-electron chi connectivity index (χ3n) is 5.19. The molecule has 1 aromatic heterocycles. The number of pyridine rings is 1. The van der Waals surface area contributed by atoms with Gasteiger partial charge in [0.1, 0.15) is 5.82 Å². The van der Waals surface area contributed by atoms with Gasteiger partial charge in [-0.2, -0.15) is 0 Å². The van der Waals surface area contributed by atoms with Crippen molar-refractivity contribution in [3.05, 3.63) is 46.8 Å². The number of hydrogen-bond donors (Lipinski definition) is 4. The minimum Gasteiger partial charge on any atom is -0.481 e. The van der Waals surface area contributed by atoms with Gasteiger partial charge in [-0.3, -0.25) is 9.79 Å². The first-order valence-electron chi connectivity index (χ1n) is 10.6. The number of carbonyl (C=O) groups excluding carboxylic acids is 1. The monoisotopic (exact) mass is 460 g/mol. The van der Waals surface area contributed by atoms with Crippen molar-refractivity contribution in [1.82, 2.24) is 4.98 Å². The molecule has 0 unspecified atom stereocenters. The fourth-order valence-corrected chi connectivity index (χ4v) is 3.16. The van der Waals surface area contributed by atoms with Crippen LogP contribution in [0.25, 0.3) is 0 Å². The molecule has 2 aromatic rings. The van der Waals surface area contributed by atoms with Crippen molar-refractivity contribution in [2.24, 2.45) is 16.5 Å². The van der Waals surface area contributed by atoms with Crippen molar-refractivity contribution in [3.8, 4) is 0 Å². The number of hydrogen-bond acceptors (Lipinski definition) is 8. The van der Waals surface area contributed by atoms with Crippen molar-refractivity contribution in [2.75, 3.05) is 38.5 Å². The van der Waals surface area contributed by atoms with Gasteiger partial charge >= 0.3 is 0 Å². The van der Waals surface area contributed by atoms with E-state index in [0.29, 0.717) is 18.2 Å². The molecule has 0 bridgehead atoms. The van der Waals surface area contributed by atoms with Gasteiger partial charge in [-0.05, 0) is 50.5 Å². The van der Waals surface area contributed by atoms with E-state index in [4.69, 9.17) is 20.9 Å². The molecule has 0 radical (unpaired) electrons. The topological polar surface area (TPSA) is 137 Å². The summed E-state index contributed by atoms with van der Waals surface area (Å²) in [6.45, 7) is 4.23. The van der Waals surface area contributed by atoms with E-state index in [1.165, 1.54) is 0 Å². The van der Waals surface area contributed by atoms with Crippen LogP contribution in [-0.2, 0) is 15.9 Å². The van der Waals surface area contributed by atoms with E-state index in [1.807, 2.05) is 25.1 Å². The molecule has 1 amide bonds. The van der Waals surface area contributed by atoms with Crippen LogP contribution in [0.3, 0.4) is 0 Å². The molecule has 0 saturated carbocycles. The molecule has 0 aliphatic carbocycles. The van der Waals surface area contributed by atoms with Crippen molar-refractivity contribution in [3.63, 3.8) is 0 Å². The minimum atomic E-state index is -0.806. The number of ether oxygens (including phenoxy) is 2. The zero-order chi connectivity index (χ0) is 24.5. The quantitative estimate of drug-likeness (QED) is 0.230. The lowest BCUT2D eigenvalue weighted by Crippen LogP contribution is -2.35. The number of nitrogens with zero attached hydrogens (tertiary/aromatic N) is 2. The molecule has 2 rings (SSSR count). The van der Waals surface area contributed by atoms with E-state index in [-0.39, 0.29) is 29.3 Å². The molecule has 9 nitrogen and oxygen atoms in total. The molecule has 0 fully saturated rings. The summed E-state index contributed by atoms with van der Waals surface area (Å²) < 4.78 is 25.1. The molecule has 6 N–H and O–H groups in total. The largest absolute Gasteiger partial charge is 0.481 e. The molecule has 0 aliphatic heterocycles.